The third kappa shape index (κ3) is 4.43. The Balaban J connectivity index is 1.60. The van der Waals surface area contributed by atoms with E-state index >= 15 is 0 Å². The van der Waals surface area contributed by atoms with Gasteiger partial charge in [0.05, 0.1) is 6.20 Å². The average molecular weight is 341 g/mol. The monoisotopic (exact) mass is 341 g/mol. The van der Waals surface area contributed by atoms with Gasteiger partial charge in [0.25, 0.3) is 0 Å². The lowest BCUT2D eigenvalue weighted by atomic mass is 10.1. The summed E-state index contributed by atoms with van der Waals surface area (Å²) in [7, 11) is 0. The number of fused-ring (bicyclic) bond motifs is 1. The van der Waals surface area contributed by atoms with E-state index in [0.717, 1.165) is 6.42 Å². The maximum atomic E-state index is 11.9. The Kier molecular flexibility index (Phi) is 5.08. The highest BCUT2D eigenvalue weighted by atomic mass is 16.4. The zero-order valence-corrected chi connectivity index (χ0v) is 13.5. The van der Waals surface area contributed by atoms with Crippen LogP contribution in [0.25, 0.3) is 0 Å². The number of carbonyl (C=O) groups is 2. The molecule has 25 heavy (non-hydrogen) atoms. The fourth-order valence-corrected chi connectivity index (χ4v) is 2.55. The maximum absolute atomic E-state index is 11.9. The van der Waals surface area contributed by atoms with E-state index in [1.165, 1.54) is 11.8 Å². The Morgan fingerprint density at radius 3 is 2.84 bits per heavy atom. The van der Waals surface area contributed by atoms with Gasteiger partial charge < -0.3 is 21.1 Å². The van der Waals surface area contributed by atoms with Gasteiger partial charge in [-0.3, -0.25) is 9.59 Å². The molecule has 1 aromatic heterocycles. The van der Waals surface area contributed by atoms with Gasteiger partial charge in [0.15, 0.2) is 5.82 Å². The molecule has 1 atom stereocenters. The Hall–Kier alpha value is -3.16. The van der Waals surface area contributed by atoms with Crippen molar-refractivity contribution in [2.45, 2.75) is 25.3 Å². The molecule has 4 N–H and O–H groups in total. The molecule has 0 unspecified atom stereocenters. The zero-order chi connectivity index (χ0) is 17.6. The second kappa shape index (κ2) is 7.61. The van der Waals surface area contributed by atoms with Gasteiger partial charge in [-0.15, -0.1) is 0 Å². The number of hydrogen-bond donors (Lipinski definition) is 4. The molecule has 0 saturated carbocycles. The summed E-state index contributed by atoms with van der Waals surface area (Å²) in [4.78, 5) is 31.2. The lowest BCUT2D eigenvalue weighted by Gasteiger charge is -2.25. The molecule has 0 radical (unpaired) electrons. The van der Waals surface area contributed by atoms with Crippen LogP contribution in [-0.2, 0) is 16.0 Å². The number of carboxylic acid groups (broad SMARTS) is 1. The molecule has 130 valence electrons. The van der Waals surface area contributed by atoms with Crippen LogP contribution in [0.15, 0.2) is 36.5 Å². The van der Waals surface area contributed by atoms with Crippen LogP contribution in [0.2, 0.25) is 0 Å². The van der Waals surface area contributed by atoms with Gasteiger partial charge in [0, 0.05) is 13.0 Å². The van der Waals surface area contributed by atoms with E-state index in [0.29, 0.717) is 24.0 Å². The number of aromatic nitrogens is 2. The minimum absolute atomic E-state index is 0.0896. The van der Waals surface area contributed by atoms with Crippen LogP contribution in [0.3, 0.4) is 0 Å². The van der Waals surface area contributed by atoms with Crippen molar-refractivity contribution in [1.82, 2.24) is 9.97 Å². The molecule has 1 aliphatic rings. The van der Waals surface area contributed by atoms with Gasteiger partial charge in [0.1, 0.15) is 11.7 Å². The largest absolute Gasteiger partial charge is 0.481 e. The van der Waals surface area contributed by atoms with E-state index in [2.05, 4.69) is 38.1 Å². The first kappa shape index (κ1) is 16.7. The van der Waals surface area contributed by atoms with E-state index in [1.54, 1.807) is 0 Å². The van der Waals surface area contributed by atoms with Crippen molar-refractivity contribution in [2.24, 2.45) is 0 Å². The maximum Gasteiger partial charge on any atom is 0.303 e. The number of carbonyl (C=O) groups excluding carboxylic acids is 1. The highest BCUT2D eigenvalue weighted by Crippen LogP contribution is 2.25. The summed E-state index contributed by atoms with van der Waals surface area (Å²) >= 11 is 0. The fourth-order valence-electron chi connectivity index (χ4n) is 2.55. The quantitative estimate of drug-likeness (QED) is 0.606. The zero-order valence-electron chi connectivity index (χ0n) is 13.5. The third-order valence-electron chi connectivity index (χ3n) is 3.86. The Labute approximate surface area is 144 Å². The van der Waals surface area contributed by atoms with Gasteiger partial charge in [-0.2, -0.15) is 4.98 Å². The van der Waals surface area contributed by atoms with Crippen LogP contribution >= 0.6 is 0 Å². The van der Waals surface area contributed by atoms with Crippen LogP contribution in [0, 0.1) is 0 Å². The third-order valence-corrected chi connectivity index (χ3v) is 3.86. The van der Waals surface area contributed by atoms with Crippen LogP contribution < -0.4 is 16.0 Å². The minimum Gasteiger partial charge on any atom is -0.481 e. The summed E-state index contributed by atoms with van der Waals surface area (Å²) in [5, 5.41) is 17.6. The van der Waals surface area contributed by atoms with Crippen molar-refractivity contribution >= 4 is 29.3 Å². The minimum atomic E-state index is -0.939. The lowest BCUT2D eigenvalue weighted by Crippen LogP contribution is -2.39. The van der Waals surface area contributed by atoms with E-state index in [4.69, 9.17) is 5.11 Å². The van der Waals surface area contributed by atoms with Gasteiger partial charge >= 0.3 is 5.97 Å². The van der Waals surface area contributed by atoms with Gasteiger partial charge in [-0.25, -0.2) is 4.98 Å². The number of anilines is 3. The summed E-state index contributed by atoms with van der Waals surface area (Å²) < 4.78 is 0. The molecule has 0 spiro atoms. The fraction of sp³-hybridized carbons (Fsp3) is 0.294. The van der Waals surface area contributed by atoms with E-state index in [-0.39, 0.29) is 18.7 Å². The smallest absolute Gasteiger partial charge is 0.303 e. The number of carboxylic acids is 1. The van der Waals surface area contributed by atoms with Crippen molar-refractivity contribution in [3.05, 3.63) is 42.1 Å². The Morgan fingerprint density at radius 2 is 2.08 bits per heavy atom. The summed E-state index contributed by atoms with van der Waals surface area (Å²) in [6.07, 6.45) is 2.48. The molecule has 1 aromatic carbocycles. The molecule has 0 aliphatic carbocycles. The number of hydrogen-bond acceptors (Lipinski definition) is 6. The van der Waals surface area contributed by atoms with Crippen molar-refractivity contribution in [3.8, 4) is 0 Å². The summed E-state index contributed by atoms with van der Waals surface area (Å²) in [6.45, 7) is 0.678. The predicted octanol–water partition coefficient (Wildman–Crippen LogP) is 1.73. The summed E-state index contributed by atoms with van der Waals surface area (Å²) in [5.74, 6) is -0.268. The number of benzene rings is 1. The topological polar surface area (TPSA) is 116 Å². The Bertz CT molecular complexity index is 766. The highest BCUT2D eigenvalue weighted by molar-refractivity contribution is 6.02. The van der Waals surface area contributed by atoms with Gasteiger partial charge in [0.2, 0.25) is 11.9 Å². The molecule has 0 fully saturated rings. The second-order valence-electron chi connectivity index (χ2n) is 5.74. The number of rotatable bonds is 7. The van der Waals surface area contributed by atoms with Crippen molar-refractivity contribution in [1.29, 1.82) is 0 Å². The van der Waals surface area contributed by atoms with Crippen molar-refractivity contribution in [3.63, 3.8) is 0 Å². The molecule has 0 saturated heterocycles. The van der Waals surface area contributed by atoms with Crippen LogP contribution in [-0.4, -0.2) is 39.5 Å². The molecule has 0 bridgehead atoms. The average Bonchev–Trinajstić information content (AvgIpc) is 2.61. The lowest BCUT2D eigenvalue weighted by molar-refractivity contribution is -0.137. The van der Waals surface area contributed by atoms with Crippen LogP contribution in [0.1, 0.15) is 18.4 Å². The van der Waals surface area contributed by atoms with E-state index in [9.17, 15) is 9.59 Å². The molecule has 2 heterocycles. The molecule has 8 heteroatoms. The highest BCUT2D eigenvalue weighted by Gasteiger charge is 2.27. The summed E-state index contributed by atoms with van der Waals surface area (Å²) in [6, 6.07) is 9.46. The summed E-state index contributed by atoms with van der Waals surface area (Å²) in [5.41, 5.74) is 1.71. The van der Waals surface area contributed by atoms with Crippen molar-refractivity contribution in [2.75, 3.05) is 22.5 Å². The van der Waals surface area contributed by atoms with Gasteiger partial charge in [-0.1, -0.05) is 30.3 Å². The van der Waals surface area contributed by atoms with Gasteiger partial charge in [-0.05, 0) is 18.4 Å². The first-order valence-electron chi connectivity index (χ1n) is 8.06. The molecule has 3 rings (SSSR count). The van der Waals surface area contributed by atoms with E-state index < -0.39 is 12.0 Å². The number of nitrogens with zero attached hydrogens (tertiary/aromatic N) is 2. The number of nitrogens with one attached hydrogen (secondary N) is 3. The standard InChI is InChI=1S/C17H19N5O3/c23-14(24)7-6-12-16(25)21-13-10-19-17(22-15(13)20-12)18-9-8-11-4-2-1-3-5-11/h1-5,10,12H,6-9H2,(H,21,25)(H,23,24)(H2,18,19,20,22)/t12-/m0/s1. The predicted molar refractivity (Wildman–Crippen MR) is 93.6 cm³/mol. The molecular formula is C17H19N5O3. The normalized spacial score (nSPS) is 15.7. The second-order valence-corrected chi connectivity index (χ2v) is 5.74. The first-order chi connectivity index (χ1) is 12.1. The molecular weight excluding hydrogens is 322 g/mol. The number of amides is 1. The van der Waals surface area contributed by atoms with E-state index in [1.807, 2.05) is 18.2 Å². The molecule has 2 aromatic rings. The van der Waals surface area contributed by atoms with Crippen LogP contribution in [0.4, 0.5) is 17.5 Å². The molecule has 1 amide bonds. The number of aliphatic carboxylic acids is 1. The Morgan fingerprint density at radius 1 is 1.28 bits per heavy atom. The SMILES string of the molecule is O=C(O)CC[C@@H]1Nc2nc(NCCc3ccccc3)ncc2NC1=O. The van der Waals surface area contributed by atoms with Crippen LogP contribution in [0.5, 0.6) is 0 Å². The molecule has 8 nitrogen and oxygen atoms in total. The first-order valence-corrected chi connectivity index (χ1v) is 8.06. The van der Waals surface area contributed by atoms with Crippen molar-refractivity contribution < 1.29 is 14.7 Å². The molecule has 1 aliphatic heterocycles.